The van der Waals surface area contributed by atoms with E-state index in [9.17, 15) is 4.79 Å². The van der Waals surface area contributed by atoms with Gasteiger partial charge in [-0.15, -0.1) is 0 Å². The second kappa shape index (κ2) is 6.52. The van der Waals surface area contributed by atoms with E-state index in [4.69, 9.17) is 10.8 Å². The maximum absolute atomic E-state index is 10.9. The molecule has 0 heterocycles. The summed E-state index contributed by atoms with van der Waals surface area (Å²) < 4.78 is 0. The molecule has 0 radical (unpaired) electrons. The predicted octanol–water partition coefficient (Wildman–Crippen LogP) is 1.87. The van der Waals surface area contributed by atoms with Crippen LogP contribution in [0.25, 0.3) is 0 Å². The summed E-state index contributed by atoms with van der Waals surface area (Å²) in [6.07, 6.45) is 1.09. The van der Waals surface area contributed by atoms with E-state index in [2.05, 4.69) is 19.2 Å². The lowest BCUT2D eigenvalue weighted by Gasteiger charge is -2.21. The minimum atomic E-state index is -1.000. The largest absolute Gasteiger partial charge is 0.480 e. The van der Waals surface area contributed by atoms with Crippen LogP contribution >= 0.6 is 0 Å². The van der Waals surface area contributed by atoms with Gasteiger partial charge in [0.15, 0.2) is 0 Å². The minimum Gasteiger partial charge on any atom is -0.480 e. The van der Waals surface area contributed by atoms with Crippen LogP contribution in [0.15, 0.2) is 24.3 Å². The molecule has 4 heteroatoms. The highest BCUT2D eigenvalue weighted by atomic mass is 16.4. The number of benzene rings is 1. The molecule has 4 nitrogen and oxygen atoms in total. The molecule has 0 amide bonds. The molecule has 0 fully saturated rings. The number of likely N-dealkylation sites (N-methyl/N-ethyl adjacent to an activating group) is 1. The first-order valence-electron chi connectivity index (χ1n) is 6.26. The van der Waals surface area contributed by atoms with Gasteiger partial charge in [0.1, 0.15) is 6.04 Å². The molecule has 3 atom stereocenters. The zero-order chi connectivity index (χ0) is 13.7. The molecule has 100 valence electrons. The first-order valence-corrected chi connectivity index (χ1v) is 6.26. The van der Waals surface area contributed by atoms with Crippen LogP contribution in [0, 0.1) is 0 Å². The molecule has 0 spiro atoms. The summed E-state index contributed by atoms with van der Waals surface area (Å²) in [6.45, 7) is 4.32. The molecule has 0 saturated carbocycles. The van der Waals surface area contributed by atoms with E-state index in [0.717, 1.165) is 12.0 Å². The Bertz CT molecular complexity index is 389. The fraction of sp³-hybridized carbons (Fsp3) is 0.500. The van der Waals surface area contributed by atoms with Crippen LogP contribution in [-0.2, 0) is 4.79 Å². The Labute approximate surface area is 108 Å². The van der Waals surface area contributed by atoms with Gasteiger partial charge in [-0.25, -0.2) is 0 Å². The van der Waals surface area contributed by atoms with Crippen molar-refractivity contribution >= 4 is 5.97 Å². The van der Waals surface area contributed by atoms with E-state index in [1.807, 2.05) is 24.3 Å². The van der Waals surface area contributed by atoms with E-state index in [1.165, 1.54) is 5.56 Å². The SMILES string of the molecule is CCC(C)c1ccc(C(NC)C(N)C(=O)O)cc1. The summed E-state index contributed by atoms with van der Waals surface area (Å²) >= 11 is 0. The number of nitrogens with one attached hydrogen (secondary N) is 1. The summed E-state index contributed by atoms with van der Waals surface area (Å²) in [4.78, 5) is 10.9. The number of carboxylic acids is 1. The molecule has 0 aliphatic carbocycles. The van der Waals surface area contributed by atoms with Crippen molar-refractivity contribution < 1.29 is 9.90 Å². The summed E-state index contributed by atoms with van der Waals surface area (Å²) in [5.41, 5.74) is 7.83. The standard InChI is InChI=1S/C14H22N2O2/c1-4-9(2)10-5-7-11(8-6-10)13(16-3)12(15)14(17)18/h5-9,12-13,16H,4,15H2,1-3H3,(H,17,18). The molecule has 1 aromatic rings. The second-order valence-corrected chi connectivity index (χ2v) is 4.61. The Morgan fingerprint density at radius 2 is 1.83 bits per heavy atom. The fourth-order valence-corrected chi connectivity index (χ4v) is 1.96. The highest BCUT2D eigenvalue weighted by molar-refractivity contribution is 5.74. The van der Waals surface area contributed by atoms with Gasteiger partial charge in [-0.2, -0.15) is 0 Å². The predicted molar refractivity (Wildman–Crippen MR) is 72.6 cm³/mol. The summed E-state index contributed by atoms with van der Waals surface area (Å²) in [7, 11) is 1.72. The maximum Gasteiger partial charge on any atom is 0.322 e. The van der Waals surface area contributed by atoms with Gasteiger partial charge < -0.3 is 16.2 Å². The van der Waals surface area contributed by atoms with Crippen molar-refractivity contribution in [3.63, 3.8) is 0 Å². The van der Waals surface area contributed by atoms with E-state index < -0.39 is 12.0 Å². The molecule has 0 bridgehead atoms. The smallest absolute Gasteiger partial charge is 0.322 e. The highest BCUT2D eigenvalue weighted by Gasteiger charge is 2.24. The quantitative estimate of drug-likeness (QED) is 0.720. The lowest BCUT2D eigenvalue weighted by molar-refractivity contribution is -0.139. The lowest BCUT2D eigenvalue weighted by Crippen LogP contribution is -2.42. The Balaban J connectivity index is 2.91. The third-order valence-electron chi connectivity index (χ3n) is 3.43. The van der Waals surface area contributed by atoms with Crippen LogP contribution in [0.1, 0.15) is 43.4 Å². The van der Waals surface area contributed by atoms with Crippen molar-refractivity contribution in [1.29, 1.82) is 0 Å². The molecular formula is C14H22N2O2. The maximum atomic E-state index is 10.9. The lowest BCUT2D eigenvalue weighted by atomic mass is 9.94. The third-order valence-corrected chi connectivity index (χ3v) is 3.43. The van der Waals surface area contributed by atoms with Crippen molar-refractivity contribution in [2.24, 2.45) is 5.73 Å². The summed E-state index contributed by atoms with van der Waals surface area (Å²) in [6, 6.07) is 6.68. The Morgan fingerprint density at radius 1 is 1.33 bits per heavy atom. The molecule has 0 aliphatic rings. The van der Waals surface area contributed by atoms with Gasteiger partial charge in [-0.05, 0) is 30.5 Å². The van der Waals surface area contributed by atoms with Crippen LogP contribution in [0.5, 0.6) is 0 Å². The number of nitrogens with two attached hydrogens (primary N) is 1. The molecule has 0 saturated heterocycles. The van der Waals surface area contributed by atoms with Crippen molar-refractivity contribution in [1.82, 2.24) is 5.32 Å². The van der Waals surface area contributed by atoms with Crippen LogP contribution in [0.2, 0.25) is 0 Å². The van der Waals surface area contributed by atoms with Gasteiger partial charge in [-0.1, -0.05) is 38.1 Å². The van der Waals surface area contributed by atoms with Gasteiger partial charge in [0.2, 0.25) is 0 Å². The Kier molecular flexibility index (Phi) is 5.31. The van der Waals surface area contributed by atoms with Gasteiger partial charge >= 0.3 is 5.97 Å². The normalized spacial score (nSPS) is 16.0. The summed E-state index contributed by atoms with van der Waals surface area (Å²) in [5, 5.41) is 11.9. The van der Waals surface area contributed by atoms with Crippen LogP contribution in [-0.4, -0.2) is 24.2 Å². The van der Waals surface area contributed by atoms with Gasteiger partial charge in [0.25, 0.3) is 0 Å². The Morgan fingerprint density at radius 3 is 2.22 bits per heavy atom. The first kappa shape index (κ1) is 14.7. The molecule has 1 aromatic carbocycles. The van der Waals surface area contributed by atoms with Gasteiger partial charge in [0.05, 0.1) is 6.04 Å². The second-order valence-electron chi connectivity index (χ2n) is 4.61. The van der Waals surface area contributed by atoms with E-state index in [1.54, 1.807) is 7.05 Å². The minimum absolute atomic E-state index is 0.367. The number of hydrogen-bond acceptors (Lipinski definition) is 3. The van der Waals surface area contributed by atoms with Crippen LogP contribution in [0.3, 0.4) is 0 Å². The molecule has 4 N–H and O–H groups in total. The fourth-order valence-electron chi connectivity index (χ4n) is 1.96. The van der Waals surface area contributed by atoms with Gasteiger partial charge in [0, 0.05) is 0 Å². The molecule has 3 unspecified atom stereocenters. The molecule has 0 aromatic heterocycles. The van der Waals surface area contributed by atoms with Gasteiger partial charge in [-0.3, -0.25) is 4.79 Å². The Hall–Kier alpha value is -1.39. The molecule has 1 rings (SSSR count). The van der Waals surface area contributed by atoms with Crippen molar-refractivity contribution in [2.75, 3.05) is 7.05 Å². The van der Waals surface area contributed by atoms with E-state index >= 15 is 0 Å². The average molecular weight is 250 g/mol. The highest BCUT2D eigenvalue weighted by Crippen LogP contribution is 2.22. The zero-order valence-corrected chi connectivity index (χ0v) is 11.2. The average Bonchev–Trinajstić information content (AvgIpc) is 2.39. The number of carbonyl (C=O) groups is 1. The number of hydrogen-bond donors (Lipinski definition) is 3. The van der Waals surface area contributed by atoms with Crippen LogP contribution < -0.4 is 11.1 Å². The van der Waals surface area contributed by atoms with Crippen molar-refractivity contribution in [3.05, 3.63) is 35.4 Å². The summed E-state index contributed by atoms with van der Waals surface area (Å²) in [5.74, 6) is -0.486. The third kappa shape index (κ3) is 3.31. The number of carboxylic acid groups (broad SMARTS) is 1. The zero-order valence-electron chi connectivity index (χ0n) is 11.2. The van der Waals surface area contributed by atoms with Crippen molar-refractivity contribution in [3.8, 4) is 0 Å². The monoisotopic (exact) mass is 250 g/mol. The number of rotatable bonds is 6. The molecule has 18 heavy (non-hydrogen) atoms. The van der Waals surface area contributed by atoms with E-state index in [0.29, 0.717) is 5.92 Å². The molecule has 0 aliphatic heterocycles. The van der Waals surface area contributed by atoms with E-state index in [-0.39, 0.29) is 6.04 Å². The first-order chi connectivity index (χ1) is 8.51. The van der Waals surface area contributed by atoms with Crippen molar-refractivity contribution in [2.45, 2.75) is 38.3 Å². The molecular weight excluding hydrogens is 228 g/mol. The number of aliphatic carboxylic acids is 1. The van der Waals surface area contributed by atoms with Crippen LogP contribution in [0.4, 0.5) is 0 Å². The topological polar surface area (TPSA) is 75.3 Å².